The van der Waals surface area contributed by atoms with Gasteiger partial charge < -0.3 is 15.0 Å². The molecule has 0 spiro atoms. The molecule has 0 amide bonds. The summed E-state index contributed by atoms with van der Waals surface area (Å²) in [5, 5.41) is 3.50. The van der Waals surface area contributed by atoms with Gasteiger partial charge >= 0.3 is 0 Å². The fourth-order valence-electron chi connectivity index (χ4n) is 2.43. The summed E-state index contributed by atoms with van der Waals surface area (Å²) in [5.41, 5.74) is 2.61. The molecule has 1 aromatic heterocycles. The molecule has 1 aromatic rings. The van der Waals surface area contributed by atoms with E-state index in [1.54, 1.807) is 0 Å². The van der Waals surface area contributed by atoms with Gasteiger partial charge in [-0.2, -0.15) is 0 Å². The van der Waals surface area contributed by atoms with Crippen molar-refractivity contribution >= 4 is 5.82 Å². The predicted octanol–water partition coefficient (Wildman–Crippen LogP) is 2.50. The highest BCUT2D eigenvalue weighted by molar-refractivity contribution is 5.47. The number of aryl methyl sites for hydroxylation is 1. The van der Waals surface area contributed by atoms with Crippen molar-refractivity contribution in [2.45, 2.75) is 52.8 Å². The summed E-state index contributed by atoms with van der Waals surface area (Å²) in [4.78, 5) is 6.99. The van der Waals surface area contributed by atoms with Crippen LogP contribution in [-0.2, 0) is 11.3 Å². The SMILES string of the molecule is Cc1cc(CNC(C)(C)C)cnc1N1CCOC(C)C1. The van der Waals surface area contributed by atoms with Gasteiger partial charge in [0, 0.05) is 31.4 Å². The topological polar surface area (TPSA) is 37.4 Å². The molecule has 2 heterocycles. The van der Waals surface area contributed by atoms with Crippen LogP contribution in [0.5, 0.6) is 0 Å². The third-order valence-electron chi connectivity index (χ3n) is 3.47. The Morgan fingerprint density at radius 2 is 2.20 bits per heavy atom. The second kappa shape index (κ2) is 6.10. The first-order chi connectivity index (χ1) is 9.35. The van der Waals surface area contributed by atoms with Crippen LogP contribution >= 0.6 is 0 Å². The maximum absolute atomic E-state index is 5.59. The van der Waals surface area contributed by atoms with Gasteiger partial charge in [0.1, 0.15) is 5.82 Å². The number of hydrogen-bond donors (Lipinski definition) is 1. The third kappa shape index (κ3) is 4.18. The maximum Gasteiger partial charge on any atom is 0.131 e. The van der Waals surface area contributed by atoms with Gasteiger partial charge in [0.05, 0.1) is 12.7 Å². The Morgan fingerprint density at radius 1 is 1.45 bits per heavy atom. The minimum atomic E-state index is 0.131. The quantitative estimate of drug-likeness (QED) is 0.921. The van der Waals surface area contributed by atoms with Crippen molar-refractivity contribution in [3.05, 3.63) is 23.4 Å². The monoisotopic (exact) mass is 277 g/mol. The number of rotatable bonds is 3. The van der Waals surface area contributed by atoms with Gasteiger partial charge in [0.2, 0.25) is 0 Å². The van der Waals surface area contributed by atoms with E-state index in [9.17, 15) is 0 Å². The summed E-state index contributed by atoms with van der Waals surface area (Å²) in [7, 11) is 0. The van der Waals surface area contributed by atoms with Gasteiger partial charge in [-0.05, 0) is 51.8 Å². The van der Waals surface area contributed by atoms with E-state index in [1.807, 2.05) is 6.20 Å². The van der Waals surface area contributed by atoms with Crippen LogP contribution in [0.3, 0.4) is 0 Å². The van der Waals surface area contributed by atoms with Crippen molar-refractivity contribution in [1.82, 2.24) is 10.3 Å². The van der Waals surface area contributed by atoms with Crippen LogP contribution in [0.25, 0.3) is 0 Å². The van der Waals surface area contributed by atoms with Crippen molar-refractivity contribution in [2.75, 3.05) is 24.6 Å². The zero-order valence-corrected chi connectivity index (χ0v) is 13.4. The van der Waals surface area contributed by atoms with Gasteiger partial charge in [-0.3, -0.25) is 0 Å². The first-order valence-corrected chi connectivity index (χ1v) is 7.42. The number of ether oxygens (including phenoxy) is 1. The Bertz CT molecular complexity index is 454. The molecule has 1 saturated heterocycles. The molecule has 1 atom stereocenters. The highest BCUT2D eigenvalue weighted by Gasteiger charge is 2.19. The fraction of sp³-hybridized carbons (Fsp3) is 0.688. The summed E-state index contributed by atoms with van der Waals surface area (Å²) in [6, 6.07) is 2.24. The van der Waals surface area contributed by atoms with E-state index in [2.05, 4.69) is 55.9 Å². The number of pyridine rings is 1. The number of hydrogen-bond acceptors (Lipinski definition) is 4. The fourth-order valence-corrected chi connectivity index (χ4v) is 2.43. The van der Waals surface area contributed by atoms with Gasteiger partial charge in [0.15, 0.2) is 0 Å². The minimum absolute atomic E-state index is 0.131. The number of morpholine rings is 1. The summed E-state index contributed by atoms with van der Waals surface area (Å²) < 4.78 is 5.59. The molecule has 0 aromatic carbocycles. The summed E-state index contributed by atoms with van der Waals surface area (Å²) in [6.45, 7) is 14.3. The van der Waals surface area contributed by atoms with Crippen molar-refractivity contribution in [3.8, 4) is 0 Å². The number of nitrogens with zero attached hydrogens (tertiary/aromatic N) is 2. The van der Waals surface area contributed by atoms with Gasteiger partial charge in [-0.15, -0.1) is 0 Å². The van der Waals surface area contributed by atoms with Crippen LogP contribution in [0.2, 0.25) is 0 Å². The molecule has 0 bridgehead atoms. The normalized spacial score (nSPS) is 20.2. The number of anilines is 1. The average Bonchev–Trinajstić information content (AvgIpc) is 2.35. The molecule has 2 rings (SSSR count). The summed E-state index contributed by atoms with van der Waals surface area (Å²) in [6.07, 6.45) is 2.27. The van der Waals surface area contributed by atoms with E-state index in [1.165, 1.54) is 11.1 Å². The lowest BCUT2D eigenvalue weighted by molar-refractivity contribution is 0.0529. The van der Waals surface area contributed by atoms with Crippen molar-refractivity contribution < 1.29 is 4.74 Å². The average molecular weight is 277 g/mol. The lowest BCUT2D eigenvalue weighted by atomic mass is 10.1. The van der Waals surface area contributed by atoms with Crippen LogP contribution in [0.4, 0.5) is 5.82 Å². The van der Waals surface area contributed by atoms with E-state index in [-0.39, 0.29) is 11.6 Å². The second-order valence-corrected chi connectivity index (χ2v) is 6.72. The van der Waals surface area contributed by atoms with Crippen molar-refractivity contribution in [1.29, 1.82) is 0 Å². The number of nitrogens with one attached hydrogen (secondary N) is 1. The van der Waals surface area contributed by atoms with Crippen molar-refractivity contribution in [2.24, 2.45) is 0 Å². The van der Waals surface area contributed by atoms with Gasteiger partial charge in [-0.25, -0.2) is 4.98 Å². The first kappa shape index (κ1) is 15.3. The Balaban J connectivity index is 2.05. The van der Waals surface area contributed by atoms with Crippen LogP contribution in [0.1, 0.15) is 38.8 Å². The molecule has 1 unspecified atom stereocenters. The van der Waals surface area contributed by atoms with Crippen molar-refractivity contribution in [3.63, 3.8) is 0 Å². The Kier molecular flexibility index (Phi) is 4.66. The first-order valence-electron chi connectivity index (χ1n) is 7.42. The minimum Gasteiger partial charge on any atom is -0.375 e. The third-order valence-corrected chi connectivity index (χ3v) is 3.47. The largest absolute Gasteiger partial charge is 0.375 e. The standard InChI is InChI=1S/C16H27N3O/c1-12-8-14(10-18-16(3,4)5)9-17-15(12)19-6-7-20-13(2)11-19/h8-9,13,18H,6-7,10-11H2,1-5H3. The van der Waals surface area contributed by atoms with E-state index in [4.69, 9.17) is 4.74 Å². The van der Waals surface area contributed by atoms with E-state index >= 15 is 0 Å². The molecule has 0 radical (unpaired) electrons. The lowest BCUT2D eigenvalue weighted by Gasteiger charge is -2.33. The number of aromatic nitrogens is 1. The molecule has 4 nitrogen and oxygen atoms in total. The molecule has 0 aliphatic carbocycles. The van der Waals surface area contributed by atoms with Crippen LogP contribution in [0.15, 0.2) is 12.3 Å². The van der Waals surface area contributed by atoms with Gasteiger partial charge in [-0.1, -0.05) is 0 Å². The smallest absolute Gasteiger partial charge is 0.131 e. The van der Waals surface area contributed by atoms with Crippen LogP contribution in [-0.4, -0.2) is 36.3 Å². The van der Waals surface area contributed by atoms with E-state index < -0.39 is 0 Å². The van der Waals surface area contributed by atoms with E-state index in [0.717, 1.165) is 32.1 Å². The Morgan fingerprint density at radius 3 is 2.80 bits per heavy atom. The molecule has 4 heteroatoms. The molecule has 20 heavy (non-hydrogen) atoms. The summed E-state index contributed by atoms with van der Waals surface area (Å²) >= 11 is 0. The highest BCUT2D eigenvalue weighted by atomic mass is 16.5. The molecule has 0 saturated carbocycles. The molecular weight excluding hydrogens is 250 g/mol. The predicted molar refractivity (Wildman–Crippen MR) is 83.2 cm³/mol. The van der Waals surface area contributed by atoms with Crippen LogP contribution in [0, 0.1) is 6.92 Å². The second-order valence-electron chi connectivity index (χ2n) is 6.72. The molecule has 1 N–H and O–H groups in total. The summed E-state index contributed by atoms with van der Waals surface area (Å²) in [5.74, 6) is 1.10. The molecule has 112 valence electrons. The maximum atomic E-state index is 5.59. The highest BCUT2D eigenvalue weighted by Crippen LogP contribution is 2.20. The molecular formula is C16H27N3O. The van der Waals surface area contributed by atoms with Gasteiger partial charge in [0.25, 0.3) is 0 Å². The molecule has 1 aliphatic heterocycles. The Labute approximate surface area is 122 Å². The zero-order valence-electron chi connectivity index (χ0n) is 13.4. The molecule has 1 aliphatic rings. The molecule has 1 fully saturated rings. The van der Waals surface area contributed by atoms with Crippen LogP contribution < -0.4 is 10.2 Å². The zero-order chi connectivity index (χ0) is 14.8. The Hall–Kier alpha value is -1.13. The lowest BCUT2D eigenvalue weighted by Crippen LogP contribution is -2.42. The van der Waals surface area contributed by atoms with E-state index in [0.29, 0.717) is 0 Å².